The van der Waals surface area contributed by atoms with Crippen LogP contribution in [0.3, 0.4) is 0 Å². The smallest absolute Gasteiger partial charge is 0.424 e. The molecule has 188 valence electrons. The fraction of sp³-hybridized carbons (Fsp3) is 0.704. The van der Waals surface area contributed by atoms with Gasteiger partial charge < -0.3 is 14.8 Å². The number of amides is 2. The summed E-state index contributed by atoms with van der Waals surface area (Å²) in [5, 5.41) is 7.11. The number of carbonyl (C=O) groups excluding carboxylic acids is 2. The maximum atomic E-state index is 12.8. The molecule has 1 atom stereocenters. The van der Waals surface area contributed by atoms with Crippen molar-refractivity contribution < 1.29 is 19.1 Å². The van der Waals surface area contributed by atoms with Crippen molar-refractivity contribution in [1.29, 1.82) is 0 Å². The Kier molecular flexibility index (Phi) is 7.53. The number of rotatable bonds is 5. The predicted molar refractivity (Wildman–Crippen MR) is 133 cm³/mol. The van der Waals surface area contributed by atoms with Crippen molar-refractivity contribution in [3.8, 4) is 0 Å². The van der Waals surface area contributed by atoms with E-state index in [1.807, 2.05) is 25.8 Å². The average molecular weight is 472 g/mol. The van der Waals surface area contributed by atoms with Gasteiger partial charge in [0.2, 0.25) is 5.91 Å². The van der Waals surface area contributed by atoms with Gasteiger partial charge in [-0.3, -0.25) is 4.79 Å². The molecule has 3 aliphatic heterocycles. The Hall–Kier alpha value is -2.12. The molecule has 2 fully saturated rings. The van der Waals surface area contributed by atoms with Crippen LogP contribution < -0.4 is 5.32 Å². The summed E-state index contributed by atoms with van der Waals surface area (Å²) < 4.78 is 11.2. The minimum absolute atomic E-state index is 0.131. The SMILES string of the molecule is CCCN(C(=O)OC(C)(C)C)N1CCCC(Cc2ccc3c(c2)C2(CCOCC2)C(=O)N3)CC1. The molecule has 34 heavy (non-hydrogen) atoms. The Morgan fingerprint density at radius 3 is 2.71 bits per heavy atom. The first-order valence-electron chi connectivity index (χ1n) is 13.0. The highest BCUT2D eigenvalue weighted by Crippen LogP contribution is 2.45. The lowest BCUT2D eigenvalue weighted by Gasteiger charge is -2.35. The molecule has 0 bridgehead atoms. The number of benzene rings is 1. The van der Waals surface area contributed by atoms with Crippen LogP contribution in [0.25, 0.3) is 0 Å². The summed E-state index contributed by atoms with van der Waals surface area (Å²) in [6.07, 6.45) is 6.40. The molecule has 0 aliphatic carbocycles. The van der Waals surface area contributed by atoms with Crippen molar-refractivity contribution in [3.05, 3.63) is 29.3 Å². The minimum Gasteiger partial charge on any atom is -0.443 e. The molecule has 1 aromatic carbocycles. The van der Waals surface area contributed by atoms with Gasteiger partial charge in [-0.25, -0.2) is 14.8 Å². The largest absolute Gasteiger partial charge is 0.443 e. The summed E-state index contributed by atoms with van der Waals surface area (Å²) in [7, 11) is 0. The van der Waals surface area contributed by atoms with Gasteiger partial charge in [-0.15, -0.1) is 0 Å². The molecule has 2 amide bonds. The van der Waals surface area contributed by atoms with E-state index >= 15 is 0 Å². The predicted octanol–water partition coefficient (Wildman–Crippen LogP) is 4.89. The van der Waals surface area contributed by atoms with Gasteiger partial charge in [-0.1, -0.05) is 19.1 Å². The maximum absolute atomic E-state index is 12.8. The average Bonchev–Trinajstić information content (AvgIpc) is 2.93. The van der Waals surface area contributed by atoms with E-state index in [1.54, 1.807) is 0 Å². The van der Waals surface area contributed by atoms with Crippen LogP contribution >= 0.6 is 0 Å². The Morgan fingerprint density at radius 2 is 2.00 bits per heavy atom. The molecule has 0 saturated carbocycles. The fourth-order valence-electron chi connectivity index (χ4n) is 5.61. The molecule has 0 radical (unpaired) electrons. The van der Waals surface area contributed by atoms with Crippen LogP contribution in [0.5, 0.6) is 0 Å². The second kappa shape index (κ2) is 10.2. The summed E-state index contributed by atoms with van der Waals surface area (Å²) in [6, 6.07) is 6.52. The van der Waals surface area contributed by atoms with Crippen LogP contribution in [0, 0.1) is 5.92 Å². The van der Waals surface area contributed by atoms with Crippen molar-refractivity contribution in [3.63, 3.8) is 0 Å². The molecular formula is C27H41N3O4. The first-order chi connectivity index (χ1) is 16.2. The number of anilines is 1. The molecule has 7 heteroatoms. The molecule has 3 heterocycles. The zero-order valence-corrected chi connectivity index (χ0v) is 21.3. The summed E-state index contributed by atoms with van der Waals surface area (Å²) in [6.45, 7) is 11.5. The van der Waals surface area contributed by atoms with Crippen molar-refractivity contribution in [2.75, 3.05) is 38.2 Å². The lowest BCUT2D eigenvalue weighted by molar-refractivity contribution is -0.124. The second-order valence-corrected chi connectivity index (χ2v) is 11.1. The number of fused-ring (bicyclic) bond motifs is 2. The highest BCUT2D eigenvalue weighted by Gasteiger charge is 2.47. The van der Waals surface area contributed by atoms with Gasteiger partial charge in [-0.2, -0.15) is 0 Å². The fourth-order valence-corrected chi connectivity index (χ4v) is 5.61. The zero-order chi connectivity index (χ0) is 24.3. The summed E-state index contributed by atoms with van der Waals surface area (Å²) in [5.41, 5.74) is 2.51. The normalized spacial score (nSPS) is 22.7. The number of carbonyl (C=O) groups is 2. The first-order valence-corrected chi connectivity index (χ1v) is 13.0. The van der Waals surface area contributed by atoms with Gasteiger partial charge in [0.05, 0.1) is 5.41 Å². The Balaban J connectivity index is 1.42. The van der Waals surface area contributed by atoms with Crippen LogP contribution in [-0.4, -0.2) is 60.5 Å². The lowest BCUT2D eigenvalue weighted by atomic mass is 9.74. The molecule has 0 aromatic heterocycles. The number of hydrogen-bond donors (Lipinski definition) is 1. The first kappa shape index (κ1) is 25.0. The van der Waals surface area contributed by atoms with E-state index in [0.717, 1.165) is 69.3 Å². The van der Waals surface area contributed by atoms with Crippen molar-refractivity contribution in [2.24, 2.45) is 5.92 Å². The Morgan fingerprint density at radius 1 is 1.24 bits per heavy atom. The number of hydrogen-bond acceptors (Lipinski definition) is 5. The van der Waals surface area contributed by atoms with E-state index in [1.165, 1.54) is 5.56 Å². The van der Waals surface area contributed by atoms with E-state index in [4.69, 9.17) is 9.47 Å². The maximum Gasteiger partial charge on any atom is 0.424 e. The van der Waals surface area contributed by atoms with E-state index < -0.39 is 11.0 Å². The number of nitrogens with one attached hydrogen (secondary N) is 1. The zero-order valence-electron chi connectivity index (χ0n) is 21.3. The van der Waals surface area contributed by atoms with Gasteiger partial charge in [0.1, 0.15) is 5.60 Å². The standard InChI is InChI=1S/C27H41N3O4/c1-5-13-30(25(32)34-26(2,3)4)29-14-6-7-20(10-15-29)18-21-8-9-23-22(19-21)27(24(31)28-23)11-16-33-17-12-27/h8-9,19-20H,5-7,10-18H2,1-4H3,(H,28,31). The van der Waals surface area contributed by atoms with Crippen molar-refractivity contribution in [2.45, 2.75) is 83.7 Å². The molecule has 3 aliphatic rings. The molecule has 1 spiro atoms. The molecule has 4 rings (SSSR count). The molecule has 1 unspecified atom stereocenters. The van der Waals surface area contributed by atoms with Crippen LogP contribution in [0.4, 0.5) is 10.5 Å². The van der Waals surface area contributed by atoms with Crippen LogP contribution in [0.1, 0.15) is 77.3 Å². The molecule has 7 nitrogen and oxygen atoms in total. The third-order valence-electron chi connectivity index (χ3n) is 7.36. The monoisotopic (exact) mass is 471 g/mol. The van der Waals surface area contributed by atoms with Gasteiger partial charge in [0.25, 0.3) is 0 Å². The number of ether oxygens (including phenoxy) is 2. The van der Waals surface area contributed by atoms with E-state index in [2.05, 4.69) is 35.4 Å². The topological polar surface area (TPSA) is 71.1 Å². The van der Waals surface area contributed by atoms with Crippen LogP contribution in [0.2, 0.25) is 0 Å². The molecule has 2 saturated heterocycles. The van der Waals surface area contributed by atoms with Gasteiger partial charge in [-0.05, 0) is 88.8 Å². The highest BCUT2D eigenvalue weighted by molar-refractivity contribution is 6.06. The summed E-state index contributed by atoms with van der Waals surface area (Å²) >= 11 is 0. The quantitative estimate of drug-likeness (QED) is 0.662. The number of nitrogens with zero attached hydrogens (tertiary/aromatic N) is 2. The van der Waals surface area contributed by atoms with Gasteiger partial charge >= 0.3 is 6.09 Å². The van der Waals surface area contributed by atoms with Gasteiger partial charge in [0.15, 0.2) is 0 Å². The van der Waals surface area contributed by atoms with Crippen LogP contribution in [-0.2, 0) is 26.1 Å². The van der Waals surface area contributed by atoms with Crippen LogP contribution in [0.15, 0.2) is 18.2 Å². The highest BCUT2D eigenvalue weighted by atomic mass is 16.6. The summed E-state index contributed by atoms with van der Waals surface area (Å²) in [5.74, 6) is 0.687. The molecule has 1 aromatic rings. The number of hydrazine groups is 1. The van der Waals surface area contributed by atoms with E-state index in [0.29, 0.717) is 25.7 Å². The molecule has 1 N–H and O–H groups in total. The Labute approximate surface area is 204 Å². The van der Waals surface area contributed by atoms with Crippen molar-refractivity contribution >= 4 is 17.7 Å². The third-order valence-corrected chi connectivity index (χ3v) is 7.36. The third kappa shape index (κ3) is 5.41. The summed E-state index contributed by atoms with van der Waals surface area (Å²) in [4.78, 5) is 25.7. The van der Waals surface area contributed by atoms with Crippen molar-refractivity contribution in [1.82, 2.24) is 10.0 Å². The van der Waals surface area contributed by atoms with E-state index in [-0.39, 0.29) is 12.0 Å². The Bertz CT molecular complexity index is 888. The van der Waals surface area contributed by atoms with Gasteiger partial charge in [0, 0.05) is 38.5 Å². The minimum atomic E-state index is -0.497. The second-order valence-electron chi connectivity index (χ2n) is 11.1. The van der Waals surface area contributed by atoms with E-state index in [9.17, 15) is 9.59 Å². The molecular weight excluding hydrogens is 430 g/mol. The lowest BCUT2D eigenvalue weighted by Crippen LogP contribution is -2.49.